The average molecular weight is 543 g/mol. The summed E-state index contributed by atoms with van der Waals surface area (Å²) in [5.74, 6) is 1.77. The number of thioether (sulfide) groups is 2. The Bertz CT molecular complexity index is 985. The number of carbonyl (C=O) groups is 3. The SMILES string of the molecule is CC(=O)SCCN(CCc1ccccc1)C(=O)NC(CSCc1ccccc1)C(=O)N1CCN(C)CC1. The van der Waals surface area contributed by atoms with Gasteiger partial charge in [-0.25, -0.2) is 4.79 Å². The van der Waals surface area contributed by atoms with Crippen LogP contribution in [0.3, 0.4) is 0 Å². The van der Waals surface area contributed by atoms with Gasteiger partial charge in [0.25, 0.3) is 0 Å². The Labute approximate surface area is 229 Å². The van der Waals surface area contributed by atoms with Crippen LogP contribution in [-0.2, 0) is 21.8 Å². The van der Waals surface area contributed by atoms with E-state index < -0.39 is 6.04 Å². The van der Waals surface area contributed by atoms with Gasteiger partial charge in [-0.15, -0.1) is 0 Å². The van der Waals surface area contributed by atoms with Crippen LogP contribution in [0.4, 0.5) is 4.79 Å². The molecule has 1 aliphatic heterocycles. The first-order chi connectivity index (χ1) is 17.9. The van der Waals surface area contributed by atoms with E-state index in [0.29, 0.717) is 44.1 Å². The standard InChI is InChI=1S/C28H38N4O3S2/c1-23(33)37-20-19-32(14-13-24-9-5-3-6-10-24)28(35)29-26(22-36-21-25-11-7-4-8-12-25)27(34)31-17-15-30(2)16-18-31/h3-12,26H,13-22H2,1-2H3,(H,29,35). The van der Waals surface area contributed by atoms with E-state index >= 15 is 0 Å². The number of piperazine rings is 1. The molecule has 7 nitrogen and oxygen atoms in total. The fourth-order valence-corrected chi connectivity index (χ4v) is 5.66. The first-order valence-corrected chi connectivity index (χ1v) is 14.9. The fraction of sp³-hybridized carbons (Fsp3) is 0.464. The summed E-state index contributed by atoms with van der Waals surface area (Å²) in [4.78, 5) is 44.2. The van der Waals surface area contributed by atoms with Crippen LogP contribution in [0.25, 0.3) is 0 Å². The molecule has 200 valence electrons. The van der Waals surface area contributed by atoms with E-state index in [-0.39, 0.29) is 17.1 Å². The van der Waals surface area contributed by atoms with Crippen molar-refractivity contribution in [2.75, 3.05) is 57.8 Å². The molecule has 2 aromatic carbocycles. The molecule has 3 rings (SSSR count). The van der Waals surface area contributed by atoms with E-state index in [2.05, 4.69) is 29.4 Å². The second-order valence-corrected chi connectivity index (χ2v) is 11.5. The van der Waals surface area contributed by atoms with Crippen LogP contribution in [-0.4, -0.2) is 95.6 Å². The van der Waals surface area contributed by atoms with Crippen molar-refractivity contribution in [3.8, 4) is 0 Å². The van der Waals surface area contributed by atoms with Gasteiger partial charge in [-0.3, -0.25) is 9.59 Å². The smallest absolute Gasteiger partial charge is 0.318 e. The Balaban J connectivity index is 1.66. The number of hydrogen-bond acceptors (Lipinski definition) is 6. The third kappa shape index (κ3) is 10.4. The molecule has 0 bridgehead atoms. The summed E-state index contributed by atoms with van der Waals surface area (Å²) in [6.07, 6.45) is 0.707. The zero-order chi connectivity index (χ0) is 26.5. The van der Waals surface area contributed by atoms with Gasteiger partial charge in [-0.2, -0.15) is 11.8 Å². The molecule has 1 N–H and O–H groups in total. The molecule has 1 unspecified atom stereocenters. The average Bonchev–Trinajstić information content (AvgIpc) is 2.91. The van der Waals surface area contributed by atoms with Crippen LogP contribution in [0, 0.1) is 0 Å². The molecular weight excluding hydrogens is 504 g/mol. The maximum atomic E-state index is 13.5. The lowest BCUT2D eigenvalue weighted by Crippen LogP contribution is -2.57. The zero-order valence-electron chi connectivity index (χ0n) is 21.8. The number of hydrogen-bond donors (Lipinski definition) is 1. The van der Waals surface area contributed by atoms with E-state index in [1.807, 2.05) is 53.4 Å². The van der Waals surface area contributed by atoms with Gasteiger partial charge < -0.3 is 20.0 Å². The van der Waals surface area contributed by atoms with Gasteiger partial charge >= 0.3 is 6.03 Å². The van der Waals surface area contributed by atoms with Gasteiger partial charge in [0.2, 0.25) is 5.91 Å². The second kappa shape index (κ2) is 15.7. The Morgan fingerprint density at radius 2 is 1.54 bits per heavy atom. The van der Waals surface area contributed by atoms with Gasteiger partial charge in [-0.1, -0.05) is 72.4 Å². The lowest BCUT2D eigenvalue weighted by atomic mass is 10.1. The van der Waals surface area contributed by atoms with E-state index in [0.717, 1.165) is 24.4 Å². The van der Waals surface area contributed by atoms with Crippen LogP contribution in [0.5, 0.6) is 0 Å². The highest BCUT2D eigenvalue weighted by atomic mass is 32.2. The molecule has 0 aliphatic carbocycles. The van der Waals surface area contributed by atoms with Crippen LogP contribution in [0.2, 0.25) is 0 Å². The number of rotatable bonds is 12. The minimum absolute atomic E-state index is 0.0249. The summed E-state index contributed by atoms with van der Waals surface area (Å²) in [5, 5.41) is 3.08. The summed E-state index contributed by atoms with van der Waals surface area (Å²) in [6.45, 7) is 5.48. The first kappa shape index (κ1) is 29.1. The molecule has 2 aromatic rings. The molecule has 0 aromatic heterocycles. The Morgan fingerprint density at radius 3 is 2.16 bits per heavy atom. The normalized spacial score (nSPS) is 14.7. The predicted octanol–water partition coefficient (Wildman–Crippen LogP) is 3.60. The fourth-order valence-electron chi connectivity index (χ4n) is 4.05. The number of likely N-dealkylation sites (N-methyl/N-ethyl adjacent to an activating group) is 1. The molecular formula is C28H38N4O3S2. The highest BCUT2D eigenvalue weighted by Gasteiger charge is 2.29. The van der Waals surface area contributed by atoms with Gasteiger partial charge in [0.15, 0.2) is 5.12 Å². The van der Waals surface area contributed by atoms with Crippen molar-refractivity contribution < 1.29 is 14.4 Å². The number of benzene rings is 2. The minimum Gasteiger partial charge on any atom is -0.338 e. The van der Waals surface area contributed by atoms with E-state index in [1.165, 1.54) is 24.2 Å². The zero-order valence-corrected chi connectivity index (χ0v) is 23.4. The van der Waals surface area contributed by atoms with Crippen LogP contribution < -0.4 is 5.32 Å². The molecule has 1 saturated heterocycles. The van der Waals surface area contributed by atoms with Gasteiger partial charge in [0.1, 0.15) is 6.04 Å². The van der Waals surface area contributed by atoms with Crippen LogP contribution in [0.1, 0.15) is 18.1 Å². The summed E-state index contributed by atoms with van der Waals surface area (Å²) in [5.41, 5.74) is 2.33. The molecule has 3 amide bonds. The Hall–Kier alpha value is -2.49. The molecule has 1 fully saturated rings. The highest BCUT2D eigenvalue weighted by molar-refractivity contribution is 8.13. The van der Waals surface area contributed by atoms with Crippen molar-refractivity contribution in [1.82, 2.24) is 20.0 Å². The molecule has 1 atom stereocenters. The van der Waals surface area contributed by atoms with Crippen LogP contribution in [0.15, 0.2) is 60.7 Å². The van der Waals surface area contributed by atoms with Crippen molar-refractivity contribution in [3.05, 3.63) is 71.8 Å². The molecule has 37 heavy (non-hydrogen) atoms. The lowest BCUT2D eigenvalue weighted by molar-refractivity contribution is -0.134. The predicted molar refractivity (Wildman–Crippen MR) is 154 cm³/mol. The maximum Gasteiger partial charge on any atom is 0.318 e. The van der Waals surface area contributed by atoms with Crippen molar-refractivity contribution in [2.45, 2.75) is 25.1 Å². The molecule has 1 aliphatic rings. The van der Waals surface area contributed by atoms with E-state index in [9.17, 15) is 14.4 Å². The number of nitrogens with zero attached hydrogens (tertiary/aromatic N) is 3. The summed E-state index contributed by atoms with van der Waals surface area (Å²) in [6, 6.07) is 19.3. The number of urea groups is 1. The molecule has 0 radical (unpaired) electrons. The topological polar surface area (TPSA) is 73.0 Å². The first-order valence-electron chi connectivity index (χ1n) is 12.7. The summed E-state index contributed by atoms with van der Waals surface area (Å²) >= 11 is 2.87. The van der Waals surface area contributed by atoms with Crippen molar-refractivity contribution in [2.24, 2.45) is 0 Å². The van der Waals surface area contributed by atoms with E-state index in [1.54, 1.807) is 16.7 Å². The monoisotopic (exact) mass is 542 g/mol. The van der Waals surface area contributed by atoms with Crippen molar-refractivity contribution >= 4 is 40.6 Å². The number of nitrogens with one attached hydrogen (secondary N) is 1. The van der Waals surface area contributed by atoms with Gasteiger partial charge in [0, 0.05) is 63.5 Å². The van der Waals surface area contributed by atoms with Gasteiger partial charge in [-0.05, 0) is 24.6 Å². The number of carbonyl (C=O) groups excluding carboxylic acids is 3. The minimum atomic E-state index is -0.607. The van der Waals surface area contributed by atoms with Crippen molar-refractivity contribution in [3.63, 3.8) is 0 Å². The molecule has 0 saturated carbocycles. The quantitative estimate of drug-likeness (QED) is 0.442. The second-order valence-electron chi connectivity index (χ2n) is 9.19. The highest BCUT2D eigenvalue weighted by Crippen LogP contribution is 2.15. The molecule has 1 heterocycles. The molecule has 9 heteroatoms. The van der Waals surface area contributed by atoms with E-state index in [4.69, 9.17) is 0 Å². The number of amides is 3. The summed E-state index contributed by atoms with van der Waals surface area (Å²) in [7, 11) is 2.06. The van der Waals surface area contributed by atoms with Crippen LogP contribution >= 0.6 is 23.5 Å². The van der Waals surface area contributed by atoms with Gasteiger partial charge in [0.05, 0.1) is 0 Å². The lowest BCUT2D eigenvalue weighted by Gasteiger charge is -2.35. The van der Waals surface area contributed by atoms with Crippen molar-refractivity contribution in [1.29, 1.82) is 0 Å². The summed E-state index contributed by atoms with van der Waals surface area (Å²) < 4.78 is 0. The Morgan fingerprint density at radius 1 is 0.919 bits per heavy atom. The maximum absolute atomic E-state index is 13.5. The largest absolute Gasteiger partial charge is 0.338 e. The third-order valence-corrected chi connectivity index (χ3v) is 8.17. The third-order valence-electron chi connectivity index (χ3n) is 6.27. The molecule has 0 spiro atoms. The Kier molecular flexibility index (Phi) is 12.3.